The first kappa shape index (κ1) is 19.2. The van der Waals surface area contributed by atoms with Gasteiger partial charge in [0.1, 0.15) is 17.3 Å². The van der Waals surface area contributed by atoms with Crippen molar-refractivity contribution in [1.29, 1.82) is 0 Å². The summed E-state index contributed by atoms with van der Waals surface area (Å²) in [6.07, 6.45) is 3.39. The van der Waals surface area contributed by atoms with Gasteiger partial charge in [-0.2, -0.15) is 0 Å². The standard InChI is InChI=1S/C19H25ClN4O/c1-5-6-7-8-21-17-11-16(22-14(4)23-17)19(25)24-18-13(3)9-12(2)10-15(18)20/h9-11H,5-8H2,1-4H3,(H,24,25)(H,21,22,23). The molecule has 0 spiro atoms. The summed E-state index contributed by atoms with van der Waals surface area (Å²) >= 11 is 6.27. The van der Waals surface area contributed by atoms with Gasteiger partial charge in [0.15, 0.2) is 0 Å². The van der Waals surface area contributed by atoms with Crippen LogP contribution in [0.3, 0.4) is 0 Å². The van der Waals surface area contributed by atoms with Crippen molar-refractivity contribution in [3.05, 3.63) is 45.9 Å². The lowest BCUT2D eigenvalue weighted by atomic mass is 10.1. The molecule has 0 radical (unpaired) electrons. The number of carbonyl (C=O) groups excluding carboxylic acids is 1. The molecule has 0 saturated carbocycles. The number of halogens is 1. The predicted octanol–water partition coefficient (Wildman–Crippen LogP) is 4.91. The zero-order valence-electron chi connectivity index (χ0n) is 15.2. The topological polar surface area (TPSA) is 66.9 Å². The van der Waals surface area contributed by atoms with Crippen LogP contribution in [-0.2, 0) is 0 Å². The summed E-state index contributed by atoms with van der Waals surface area (Å²) in [4.78, 5) is 21.2. The van der Waals surface area contributed by atoms with Crippen LogP contribution in [0.15, 0.2) is 18.2 Å². The fourth-order valence-electron chi connectivity index (χ4n) is 2.62. The normalized spacial score (nSPS) is 10.6. The monoisotopic (exact) mass is 360 g/mol. The number of aryl methyl sites for hydroxylation is 3. The Morgan fingerprint density at radius 2 is 1.88 bits per heavy atom. The molecule has 6 heteroatoms. The highest BCUT2D eigenvalue weighted by molar-refractivity contribution is 6.34. The van der Waals surface area contributed by atoms with Crippen molar-refractivity contribution < 1.29 is 4.79 Å². The van der Waals surface area contributed by atoms with Crippen molar-refractivity contribution in [3.8, 4) is 0 Å². The number of carbonyl (C=O) groups is 1. The van der Waals surface area contributed by atoms with E-state index in [2.05, 4.69) is 27.5 Å². The summed E-state index contributed by atoms with van der Waals surface area (Å²) in [5.74, 6) is 0.925. The van der Waals surface area contributed by atoms with E-state index in [0.717, 1.165) is 36.9 Å². The van der Waals surface area contributed by atoms with Gasteiger partial charge in [0.2, 0.25) is 0 Å². The summed E-state index contributed by atoms with van der Waals surface area (Å²) in [6.45, 7) is 8.65. The molecular formula is C19H25ClN4O. The van der Waals surface area contributed by atoms with E-state index in [1.54, 1.807) is 13.0 Å². The number of anilines is 2. The second-order valence-corrected chi connectivity index (χ2v) is 6.62. The minimum absolute atomic E-state index is 0.295. The molecule has 1 aromatic carbocycles. The molecular weight excluding hydrogens is 336 g/mol. The Balaban J connectivity index is 2.15. The Morgan fingerprint density at radius 1 is 1.12 bits per heavy atom. The highest BCUT2D eigenvalue weighted by Crippen LogP contribution is 2.27. The first-order valence-electron chi connectivity index (χ1n) is 8.58. The van der Waals surface area contributed by atoms with Crippen molar-refractivity contribution in [2.45, 2.75) is 47.0 Å². The Morgan fingerprint density at radius 3 is 2.56 bits per heavy atom. The summed E-state index contributed by atoms with van der Waals surface area (Å²) in [6, 6.07) is 5.48. The first-order chi connectivity index (χ1) is 11.9. The van der Waals surface area contributed by atoms with E-state index in [-0.39, 0.29) is 5.91 Å². The highest BCUT2D eigenvalue weighted by atomic mass is 35.5. The van der Waals surface area contributed by atoms with Crippen LogP contribution in [0.1, 0.15) is 53.6 Å². The van der Waals surface area contributed by atoms with Gasteiger partial charge in [-0.25, -0.2) is 9.97 Å². The van der Waals surface area contributed by atoms with E-state index < -0.39 is 0 Å². The number of nitrogens with one attached hydrogen (secondary N) is 2. The zero-order valence-corrected chi connectivity index (χ0v) is 16.0. The Kier molecular flexibility index (Phi) is 6.76. The Hall–Kier alpha value is -2.14. The van der Waals surface area contributed by atoms with Crippen LogP contribution in [0.4, 0.5) is 11.5 Å². The Bertz CT molecular complexity index is 738. The number of rotatable bonds is 7. The summed E-state index contributed by atoms with van der Waals surface area (Å²) in [7, 11) is 0. The average Bonchev–Trinajstić information content (AvgIpc) is 2.54. The molecule has 25 heavy (non-hydrogen) atoms. The lowest BCUT2D eigenvalue weighted by molar-refractivity contribution is 0.102. The number of unbranched alkanes of at least 4 members (excludes halogenated alkanes) is 2. The van der Waals surface area contributed by atoms with Crippen LogP contribution in [0.25, 0.3) is 0 Å². The molecule has 0 bridgehead atoms. The van der Waals surface area contributed by atoms with Crippen molar-refractivity contribution in [2.75, 3.05) is 17.2 Å². The molecule has 134 valence electrons. The van der Waals surface area contributed by atoms with E-state index in [1.165, 1.54) is 0 Å². The van der Waals surface area contributed by atoms with Gasteiger partial charge in [-0.05, 0) is 44.4 Å². The maximum Gasteiger partial charge on any atom is 0.274 e. The molecule has 1 aromatic heterocycles. The second kappa shape index (κ2) is 8.81. The maximum absolute atomic E-state index is 12.6. The second-order valence-electron chi connectivity index (χ2n) is 6.21. The molecule has 1 amide bonds. The highest BCUT2D eigenvalue weighted by Gasteiger charge is 2.14. The van der Waals surface area contributed by atoms with E-state index in [0.29, 0.717) is 28.0 Å². The largest absolute Gasteiger partial charge is 0.370 e. The maximum atomic E-state index is 12.6. The third kappa shape index (κ3) is 5.43. The SMILES string of the molecule is CCCCCNc1cc(C(=O)Nc2c(C)cc(C)cc2Cl)nc(C)n1. The fourth-order valence-corrected chi connectivity index (χ4v) is 2.99. The van der Waals surface area contributed by atoms with Crippen molar-refractivity contribution in [1.82, 2.24) is 9.97 Å². The van der Waals surface area contributed by atoms with Gasteiger partial charge in [-0.3, -0.25) is 4.79 Å². The van der Waals surface area contributed by atoms with Crippen molar-refractivity contribution in [3.63, 3.8) is 0 Å². The first-order valence-corrected chi connectivity index (χ1v) is 8.96. The number of nitrogens with zero attached hydrogens (tertiary/aromatic N) is 2. The number of hydrogen-bond donors (Lipinski definition) is 2. The summed E-state index contributed by atoms with van der Waals surface area (Å²) in [5.41, 5.74) is 2.91. The molecule has 0 aliphatic rings. The lowest BCUT2D eigenvalue weighted by Crippen LogP contribution is -2.17. The van der Waals surface area contributed by atoms with Crippen molar-refractivity contribution >= 4 is 29.0 Å². The van der Waals surface area contributed by atoms with Crippen LogP contribution >= 0.6 is 11.6 Å². The summed E-state index contributed by atoms with van der Waals surface area (Å²) in [5, 5.41) is 6.64. The Labute approximate surface area is 154 Å². The molecule has 2 aromatic rings. The minimum atomic E-state index is -0.295. The third-order valence-electron chi connectivity index (χ3n) is 3.83. The molecule has 2 rings (SSSR count). The van der Waals surface area contributed by atoms with Crippen LogP contribution < -0.4 is 10.6 Å². The minimum Gasteiger partial charge on any atom is -0.370 e. The van der Waals surface area contributed by atoms with E-state index in [1.807, 2.05) is 26.0 Å². The molecule has 0 aliphatic heterocycles. The molecule has 2 N–H and O–H groups in total. The van der Waals surface area contributed by atoms with E-state index >= 15 is 0 Å². The molecule has 0 unspecified atom stereocenters. The van der Waals surface area contributed by atoms with Crippen LogP contribution in [0, 0.1) is 20.8 Å². The van der Waals surface area contributed by atoms with Crippen molar-refractivity contribution in [2.24, 2.45) is 0 Å². The molecule has 1 heterocycles. The van der Waals surface area contributed by atoms with Crippen LogP contribution in [0.5, 0.6) is 0 Å². The zero-order chi connectivity index (χ0) is 18.4. The lowest BCUT2D eigenvalue weighted by Gasteiger charge is -2.12. The van der Waals surface area contributed by atoms with Gasteiger partial charge in [0.05, 0.1) is 10.7 Å². The summed E-state index contributed by atoms with van der Waals surface area (Å²) < 4.78 is 0. The molecule has 0 fully saturated rings. The van der Waals surface area contributed by atoms with Gasteiger partial charge < -0.3 is 10.6 Å². The smallest absolute Gasteiger partial charge is 0.274 e. The molecule has 5 nitrogen and oxygen atoms in total. The van der Waals surface area contributed by atoms with E-state index in [4.69, 9.17) is 11.6 Å². The fraction of sp³-hybridized carbons (Fsp3) is 0.421. The van der Waals surface area contributed by atoms with E-state index in [9.17, 15) is 4.79 Å². The molecule has 0 saturated heterocycles. The van der Waals surface area contributed by atoms with Gasteiger partial charge in [0, 0.05) is 12.6 Å². The van der Waals surface area contributed by atoms with Gasteiger partial charge in [-0.15, -0.1) is 0 Å². The number of aromatic nitrogens is 2. The van der Waals surface area contributed by atoms with Gasteiger partial charge >= 0.3 is 0 Å². The van der Waals surface area contributed by atoms with Gasteiger partial charge in [0.25, 0.3) is 5.91 Å². The number of hydrogen-bond acceptors (Lipinski definition) is 4. The average molecular weight is 361 g/mol. The number of amides is 1. The van der Waals surface area contributed by atoms with Crippen LogP contribution in [-0.4, -0.2) is 22.4 Å². The number of benzene rings is 1. The van der Waals surface area contributed by atoms with Crippen LogP contribution in [0.2, 0.25) is 5.02 Å². The third-order valence-corrected chi connectivity index (χ3v) is 4.13. The molecule has 0 atom stereocenters. The quantitative estimate of drug-likeness (QED) is 0.688. The van der Waals surface area contributed by atoms with Gasteiger partial charge in [-0.1, -0.05) is 37.4 Å². The molecule has 0 aliphatic carbocycles. The predicted molar refractivity (Wildman–Crippen MR) is 104 cm³/mol.